The minimum absolute atomic E-state index is 0.143. The minimum atomic E-state index is -0.851. The van der Waals surface area contributed by atoms with Crippen LogP contribution in [0.1, 0.15) is 12.5 Å². The molecular weight excluding hydrogens is 416 g/mol. The summed E-state index contributed by atoms with van der Waals surface area (Å²) in [5.41, 5.74) is 3.00. The third kappa shape index (κ3) is 4.74. The van der Waals surface area contributed by atoms with Gasteiger partial charge in [-0.3, -0.25) is 4.79 Å². The highest BCUT2D eigenvalue weighted by molar-refractivity contribution is 5.90. The Kier molecular flexibility index (Phi) is 6.11. The number of nitrogens with one attached hydrogen (secondary N) is 2. The van der Waals surface area contributed by atoms with Crippen molar-refractivity contribution in [3.05, 3.63) is 59.9 Å². The van der Waals surface area contributed by atoms with Gasteiger partial charge in [-0.2, -0.15) is 4.98 Å². The lowest BCUT2D eigenvalue weighted by Crippen LogP contribution is -2.47. The number of nitrogens with zero attached hydrogens (tertiary/aromatic N) is 5. The van der Waals surface area contributed by atoms with E-state index in [0.29, 0.717) is 49.5 Å². The van der Waals surface area contributed by atoms with Gasteiger partial charge < -0.3 is 20.4 Å². The van der Waals surface area contributed by atoms with Gasteiger partial charge >= 0.3 is 0 Å². The van der Waals surface area contributed by atoms with Crippen LogP contribution in [0.5, 0.6) is 0 Å². The van der Waals surface area contributed by atoms with Crippen molar-refractivity contribution in [1.82, 2.24) is 15.0 Å². The van der Waals surface area contributed by atoms with E-state index in [0.717, 1.165) is 17.3 Å². The van der Waals surface area contributed by atoms with Gasteiger partial charge in [-0.25, -0.2) is 18.7 Å². The van der Waals surface area contributed by atoms with Crippen molar-refractivity contribution in [2.45, 2.75) is 13.8 Å². The molecular formula is C22H23F2N7O. The lowest BCUT2D eigenvalue weighted by atomic mass is 10.1. The standard InChI is InChI=1S/C22H23F2N7O/c1-14-19(27-15(2)32)4-3-5-20(14)28-21-25-13-26-22(29-21)31-10-8-30(9-11-31)16-6-7-17(23)18(24)12-16/h3-7,12-13H,8-11H2,1-2H3,(H,27,32)(H,25,26,28,29). The Labute approximate surface area is 184 Å². The summed E-state index contributed by atoms with van der Waals surface area (Å²) < 4.78 is 26.7. The van der Waals surface area contributed by atoms with Crippen molar-refractivity contribution in [2.24, 2.45) is 0 Å². The van der Waals surface area contributed by atoms with Crippen LogP contribution in [0.3, 0.4) is 0 Å². The third-order valence-electron chi connectivity index (χ3n) is 5.28. The maximum absolute atomic E-state index is 13.5. The second kappa shape index (κ2) is 9.13. The highest BCUT2D eigenvalue weighted by atomic mass is 19.2. The van der Waals surface area contributed by atoms with Crippen LogP contribution in [0.25, 0.3) is 0 Å². The first-order chi connectivity index (χ1) is 15.4. The number of halogens is 2. The summed E-state index contributed by atoms with van der Waals surface area (Å²) >= 11 is 0. The van der Waals surface area contributed by atoms with Gasteiger partial charge in [0.1, 0.15) is 6.33 Å². The largest absolute Gasteiger partial charge is 0.368 e. The fraction of sp³-hybridized carbons (Fsp3) is 0.273. The molecule has 0 saturated carbocycles. The van der Waals surface area contributed by atoms with Gasteiger partial charge in [0, 0.05) is 56.2 Å². The van der Waals surface area contributed by atoms with Crippen LogP contribution < -0.4 is 20.4 Å². The Morgan fingerprint density at radius 2 is 1.69 bits per heavy atom. The molecule has 2 aromatic carbocycles. The zero-order chi connectivity index (χ0) is 22.7. The molecule has 3 aromatic rings. The maximum atomic E-state index is 13.5. The molecule has 4 rings (SSSR count). The molecule has 1 aliphatic heterocycles. The maximum Gasteiger partial charge on any atom is 0.232 e. The number of benzene rings is 2. The summed E-state index contributed by atoms with van der Waals surface area (Å²) in [6.45, 7) is 5.85. The normalized spacial score (nSPS) is 13.8. The van der Waals surface area contributed by atoms with E-state index in [4.69, 9.17) is 0 Å². The molecule has 2 N–H and O–H groups in total. The van der Waals surface area contributed by atoms with Crippen molar-refractivity contribution < 1.29 is 13.6 Å². The molecule has 1 fully saturated rings. The Balaban J connectivity index is 1.44. The van der Waals surface area contributed by atoms with E-state index in [2.05, 4.69) is 25.6 Å². The number of carbonyl (C=O) groups excluding carboxylic acids is 1. The molecule has 1 amide bonds. The molecule has 10 heteroatoms. The molecule has 166 valence electrons. The smallest absolute Gasteiger partial charge is 0.232 e. The number of rotatable bonds is 5. The molecule has 1 aromatic heterocycles. The molecule has 0 bridgehead atoms. The molecule has 0 aliphatic carbocycles. The van der Waals surface area contributed by atoms with Crippen molar-refractivity contribution in [3.8, 4) is 0 Å². The van der Waals surface area contributed by atoms with Crippen LogP contribution in [-0.4, -0.2) is 47.0 Å². The second-order valence-electron chi connectivity index (χ2n) is 7.47. The second-order valence-corrected chi connectivity index (χ2v) is 7.47. The van der Waals surface area contributed by atoms with E-state index in [-0.39, 0.29) is 5.91 Å². The van der Waals surface area contributed by atoms with Gasteiger partial charge in [-0.05, 0) is 36.8 Å². The minimum Gasteiger partial charge on any atom is -0.368 e. The fourth-order valence-electron chi connectivity index (χ4n) is 3.56. The zero-order valence-electron chi connectivity index (χ0n) is 17.8. The summed E-state index contributed by atoms with van der Waals surface area (Å²) in [5.74, 6) is -0.925. The van der Waals surface area contributed by atoms with Crippen molar-refractivity contribution in [1.29, 1.82) is 0 Å². The molecule has 0 unspecified atom stereocenters. The predicted molar refractivity (Wildman–Crippen MR) is 119 cm³/mol. The average molecular weight is 439 g/mol. The topological polar surface area (TPSA) is 86.3 Å². The first-order valence-electron chi connectivity index (χ1n) is 10.2. The third-order valence-corrected chi connectivity index (χ3v) is 5.28. The highest BCUT2D eigenvalue weighted by Gasteiger charge is 2.21. The first-order valence-corrected chi connectivity index (χ1v) is 10.2. The number of aromatic nitrogens is 3. The summed E-state index contributed by atoms with van der Waals surface area (Å²) in [5, 5.41) is 5.98. The molecule has 32 heavy (non-hydrogen) atoms. The Hall–Kier alpha value is -3.82. The number of anilines is 5. The highest BCUT2D eigenvalue weighted by Crippen LogP contribution is 2.26. The summed E-state index contributed by atoms with van der Waals surface area (Å²) in [4.78, 5) is 28.4. The Morgan fingerprint density at radius 1 is 0.969 bits per heavy atom. The number of hydrogen-bond donors (Lipinski definition) is 2. The molecule has 0 spiro atoms. The van der Waals surface area contributed by atoms with Gasteiger partial charge in [0.15, 0.2) is 11.6 Å². The van der Waals surface area contributed by atoms with Crippen LogP contribution in [-0.2, 0) is 4.79 Å². The van der Waals surface area contributed by atoms with E-state index in [1.807, 2.05) is 34.9 Å². The monoisotopic (exact) mass is 439 g/mol. The van der Waals surface area contributed by atoms with E-state index in [1.165, 1.54) is 19.3 Å². The molecule has 1 saturated heterocycles. The predicted octanol–water partition coefficient (Wildman–Crippen LogP) is 3.49. The molecule has 2 heterocycles. The van der Waals surface area contributed by atoms with E-state index >= 15 is 0 Å². The summed E-state index contributed by atoms with van der Waals surface area (Å²) in [7, 11) is 0. The van der Waals surface area contributed by atoms with Crippen LogP contribution in [0.4, 0.5) is 37.7 Å². The van der Waals surface area contributed by atoms with Gasteiger partial charge in [-0.15, -0.1) is 0 Å². The number of carbonyl (C=O) groups is 1. The molecule has 0 atom stereocenters. The fourth-order valence-corrected chi connectivity index (χ4v) is 3.56. The van der Waals surface area contributed by atoms with Crippen LogP contribution in [0.15, 0.2) is 42.7 Å². The van der Waals surface area contributed by atoms with E-state index in [9.17, 15) is 13.6 Å². The van der Waals surface area contributed by atoms with Crippen LogP contribution in [0.2, 0.25) is 0 Å². The van der Waals surface area contributed by atoms with Gasteiger partial charge in [0.05, 0.1) is 0 Å². The zero-order valence-corrected chi connectivity index (χ0v) is 17.8. The van der Waals surface area contributed by atoms with Gasteiger partial charge in [-0.1, -0.05) is 6.07 Å². The van der Waals surface area contributed by atoms with Gasteiger partial charge in [0.25, 0.3) is 0 Å². The van der Waals surface area contributed by atoms with Crippen molar-refractivity contribution in [2.75, 3.05) is 46.6 Å². The van der Waals surface area contributed by atoms with E-state index in [1.54, 1.807) is 6.07 Å². The van der Waals surface area contributed by atoms with Crippen molar-refractivity contribution >= 4 is 34.9 Å². The van der Waals surface area contributed by atoms with Crippen LogP contribution in [0, 0.1) is 18.6 Å². The number of piperazine rings is 1. The lowest BCUT2D eigenvalue weighted by Gasteiger charge is -2.36. The molecule has 0 radical (unpaired) electrons. The first kappa shape index (κ1) is 21.4. The molecule has 8 nitrogen and oxygen atoms in total. The molecule has 1 aliphatic rings. The summed E-state index contributed by atoms with van der Waals surface area (Å²) in [6, 6.07) is 9.48. The quantitative estimate of drug-likeness (QED) is 0.629. The van der Waals surface area contributed by atoms with E-state index < -0.39 is 11.6 Å². The SMILES string of the molecule is CC(=O)Nc1cccc(Nc2ncnc(N3CCN(c4ccc(F)c(F)c4)CC3)n2)c1C. The number of amides is 1. The number of hydrogen-bond acceptors (Lipinski definition) is 7. The lowest BCUT2D eigenvalue weighted by molar-refractivity contribution is -0.114. The summed E-state index contributed by atoms with van der Waals surface area (Å²) in [6.07, 6.45) is 1.44. The Bertz CT molecular complexity index is 1130. The van der Waals surface area contributed by atoms with Crippen molar-refractivity contribution in [3.63, 3.8) is 0 Å². The average Bonchev–Trinajstić information content (AvgIpc) is 2.78. The van der Waals surface area contributed by atoms with Gasteiger partial charge in [0.2, 0.25) is 17.8 Å². The van der Waals surface area contributed by atoms with Crippen LogP contribution >= 0.6 is 0 Å². The Morgan fingerprint density at radius 3 is 2.41 bits per heavy atom.